The van der Waals surface area contributed by atoms with Crippen molar-refractivity contribution in [1.29, 1.82) is 0 Å². The number of nitrogens with one attached hydrogen (secondary N) is 1. The molecular weight excluding hydrogens is 430 g/mol. The van der Waals surface area contributed by atoms with E-state index in [9.17, 15) is 22.4 Å². The van der Waals surface area contributed by atoms with E-state index in [0.29, 0.717) is 46.7 Å². The molecule has 3 aromatic rings. The van der Waals surface area contributed by atoms with Crippen LogP contribution in [0.15, 0.2) is 30.7 Å². The Hall–Kier alpha value is -3.24. The van der Waals surface area contributed by atoms with Gasteiger partial charge in [0.1, 0.15) is 5.82 Å². The van der Waals surface area contributed by atoms with E-state index in [1.165, 1.54) is 6.20 Å². The van der Waals surface area contributed by atoms with E-state index in [0.717, 1.165) is 12.8 Å². The van der Waals surface area contributed by atoms with Crippen LogP contribution in [0.4, 0.5) is 23.4 Å². The van der Waals surface area contributed by atoms with Gasteiger partial charge in [0.2, 0.25) is 11.8 Å². The summed E-state index contributed by atoms with van der Waals surface area (Å²) in [5.74, 6) is -3.56. The largest absolute Gasteiger partial charge is 0.471 e. The molecule has 3 aromatic heterocycles. The molecule has 0 unspecified atom stereocenters. The summed E-state index contributed by atoms with van der Waals surface area (Å²) in [6.45, 7) is 0.444. The van der Waals surface area contributed by atoms with Crippen molar-refractivity contribution < 1.29 is 27.1 Å². The molecule has 1 fully saturated rings. The first kappa shape index (κ1) is 22.0. The summed E-state index contributed by atoms with van der Waals surface area (Å²) >= 11 is 0. The summed E-state index contributed by atoms with van der Waals surface area (Å²) in [5, 5.41) is 8.00. The Balaban J connectivity index is 1.45. The van der Waals surface area contributed by atoms with Gasteiger partial charge in [0.25, 0.3) is 0 Å². The second kappa shape index (κ2) is 8.71. The minimum Gasteiger partial charge on any atom is -0.471 e. The number of ether oxygens (including phenoxy) is 1. The van der Waals surface area contributed by atoms with Crippen molar-refractivity contribution >= 4 is 22.6 Å². The zero-order valence-electron chi connectivity index (χ0n) is 17.2. The number of amides is 1. The van der Waals surface area contributed by atoms with Crippen LogP contribution in [0.5, 0.6) is 5.88 Å². The number of carbonyl (C=O) groups is 1. The van der Waals surface area contributed by atoms with E-state index in [-0.39, 0.29) is 11.8 Å². The molecule has 0 radical (unpaired) electrons. The molecule has 7 nitrogen and oxygen atoms in total. The number of hydrogen-bond donors (Lipinski definition) is 1. The summed E-state index contributed by atoms with van der Waals surface area (Å²) < 4.78 is 57.1. The number of aromatic nitrogens is 4. The monoisotopic (exact) mass is 451 g/mol. The van der Waals surface area contributed by atoms with Crippen molar-refractivity contribution in [2.24, 2.45) is 5.92 Å². The van der Waals surface area contributed by atoms with E-state index >= 15 is 0 Å². The number of aryl methyl sites for hydroxylation is 1. The van der Waals surface area contributed by atoms with Crippen LogP contribution in [0, 0.1) is 12.8 Å². The molecule has 3 heterocycles. The number of rotatable bonds is 9. The van der Waals surface area contributed by atoms with Crippen molar-refractivity contribution in [1.82, 2.24) is 19.7 Å². The summed E-state index contributed by atoms with van der Waals surface area (Å²) in [4.78, 5) is 20.4. The molecule has 1 saturated carbocycles. The Morgan fingerprint density at radius 1 is 1.34 bits per heavy atom. The highest BCUT2D eigenvalue weighted by atomic mass is 19.3. The third kappa shape index (κ3) is 5.14. The van der Waals surface area contributed by atoms with E-state index in [2.05, 4.69) is 20.4 Å². The maximum Gasteiger partial charge on any atom is 0.340 e. The maximum absolute atomic E-state index is 13.1. The number of nitrogens with zero attached hydrogens (tertiary/aromatic N) is 4. The lowest BCUT2D eigenvalue weighted by Crippen LogP contribution is -2.34. The van der Waals surface area contributed by atoms with Crippen LogP contribution in [0.25, 0.3) is 10.9 Å². The summed E-state index contributed by atoms with van der Waals surface area (Å²) in [6, 6.07) is 3.39. The van der Waals surface area contributed by atoms with Crippen LogP contribution >= 0.6 is 0 Å². The number of carbonyl (C=O) groups excluding carboxylic acids is 1. The first-order valence-electron chi connectivity index (χ1n) is 10.1. The maximum atomic E-state index is 13.1. The van der Waals surface area contributed by atoms with Gasteiger partial charge in [-0.2, -0.15) is 13.9 Å². The van der Waals surface area contributed by atoms with Gasteiger partial charge in [-0.05, 0) is 43.4 Å². The Kier molecular flexibility index (Phi) is 5.98. The van der Waals surface area contributed by atoms with Gasteiger partial charge in [-0.25, -0.2) is 18.7 Å². The van der Waals surface area contributed by atoms with Gasteiger partial charge in [-0.3, -0.25) is 9.48 Å². The number of fused-ring (bicyclic) bond motifs is 1. The second-order valence-corrected chi connectivity index (χ2v) is 7.93. The third-order valence-electron chi connectivity index (χ3n) is 5.06. The molecule has 0 atom stereocenters. The molecule has 0 aliphatic heterocycles. The fraction of sp³-hybridized carbons (Fsp3) is 0.429. The summed E-state index contributed by atoms with van der Waals surface area (Å²) in [7, 11) is 0. The molecule has 1 aliphatic rings. The number of hydrogen-bond acceptors (Lipinski definition) is 5. The normalized spacial score (nSPS) is 14.2. The number of halogens is 4. The molecule has 1 amide bonds. The fourth-order valence-electron chi connectivity index (χ4n) is 3.21. The van der Waals surface area contributed by atoms with Gasteiger partial charge in [-0.1, -0.05) is 0 Å². The van der Waals surface area contributed by atoms with Gasteiger partial charge in [0, 0.05) is 30.6 Å². The van der Waals surface area contributed by atoms with Gasteiger partial charge < -0.3 is 10.1 Å². The van der Waals surface area contributed by atoms with Gasteiger partial charge in [-0.15, -0.1) is 0 Å². The standard InChI is InChI=1S/C21H21F4N5O2/c1-12-6-14(8-27-19(12)32-11-21(24,25)20(22)23)9-30-10-15-16(29-30)4-5-26-18(15)28-17(31)7-13-2-3-13/h4-6,8,10,13,20H,2-3,7,9,11H2,1H3,(H,26,28,31). The van der Waals surface area contributed by atoms with Crippen LogP contribution < -0.4 is 10.1 Å². The number of alkyl halides is 4. The van der Waals surface area contributed by atoms with Gasteiger partial charge in [0.15, 0.2) is 6.61 Å². The van der Waals surface area contributed by atoms with Crippen LogP contribution in [0.2, 0.25) is 0 Å². The Bertz CT molecular complexity index is 1130. The van der Waals surface area contributed by atoms with Crippen molar-refractivity contribution in [2.45, 2.75) is 45.1 Å². The molecule has 1 N–H and O–H groups in total. The number of pyridine rings is 2. The zero-order valence-corrected chi connectivity index (χ0v) is 17.2. The highest BCUT2D eigenvalue weighted by Crippen LogP contribution is 2.33. The van der Waals surface area contributed by atoms with Crippen molar-refractivity contribution in [3.8, 4) is 5.88 Å². The van der Waals surface area contributed by atoms with E-state index in [4.69, 9.17) is 4.74 Å². The van der Waals surface area contributed by atoms with Crippen LogP contribution in [-0.4, -0.2) is 44.6 Å². The van der Waals surface area contributed by atoms with Crippen LogP contribution in [0.1, 0.15) is 30.4 Å². The lowest BCUT2D eigenvalue weighted by molar-refractivity contribution is -0.148. The summed E-state index contributed by atoms with van der Waals surface area (Å²) in [5.41, 5.74) is 1.79. The first-order chi connectivity index (χ1) is 15.2. The predicted molar refractivity (Wildman–Crippen MR) is 108 cm³/mol. The van der Waals surface area contributed by atoms with E-state index < -0.39 is 19.0 Å². The van der Waals surface area contributed by atoms with E-state index in [1.807, 2.05) is 0 Å². The Labute approximate surface area is 180 Å². The summed E-state index contributed by atoms with van der Waals surface area (Å²) in [6.07, 6.45) is 3.55. The Morgan fingerprint density at radius 3 is 2.81 bits per heavy atom. The third-order valence-corrected chi connectivity index (χ3v) is 5.06. The molecule has 4 rings (SSSR count). The smallest absolute Gasteiger partial charge is 0.340 e. The lowest BCUT2D eigenvalue weighted by atomic mass is 10.2. The molecule has 0 bridgehead atoms. The first-order valence-corrected chi connectivity index (χ1v) is 10.1. The van der Waals surface area contributed by atoms with E-state index in [1.54, 1.807) is 36.1 Å². The molecule has 170 valence electrons. The van der Waals surface area contributed by atoms with Crippen LogP contribution in [0.3, 0.4) is 0 Å². The minimum atomic E-state index is -4.25. The Morgan fingerprint density at radius 2 is 2.12 bits per heavy atom. The quantitative estimate of drug-likeness (QED) is 0.493. The van der Waals surface area contributed by atoms with Gasteiger partial charge >= 0.3 is 12.3 Å². The van der Waals surface area contributed by atoms with Crippen molar-refractivity contribution in [2.75, 3.05) is 11.9 Å². The van der Waals surface area contributed by atoms with Gasteiger partial charge in [0.05, 0.1) is 17.4 Å². The molecular formula is C21H21F4N5O2. The predicted octanol–water partition coefficient (Wildman–Crippen LogP) is 4.20. The molecule has 1 aliphatic carbocycles. The zero-order chi connectivity index (χ0) is 22.9. The fourth-order valence-corrected chi connectivity index (χ4v) is 3.21. The SMILES string of the molecule is Cc1cc(Cn2cc3c(NC(=O)CC4CC4)nccc3n2)cnc1OCC(F)(F)C(F)F. The molecule has 0 saturated heterocycles. The van der Waals surface area contributed by atoms with Crippen molar-refractivity contribution in [3.05, 3.63) is 41.9 Å². The average molecular weight is 451 g/mol. The highest BCUT2D eigenvalue weighted by Gasteiger charge is 2.42. The van der Waals surface area contributed by atoms with Crippen LogP contribution in [-0.2, 0) is 11.3 Å². The number of anilines is 1. The molecule has 0 spiro atoms. The molecule has 0 aromatic carbocycles. The molecule has 11 heteroatoms. The molecule has 32 heavy (non-hydrogen) atoms. The lowest BCUT2D eigenvalue weighted by Gasteiger charge is -2.16. The topological polar surface area (TPSA) is 81.9 Å². The average Bonchev–Trinajstić information content (AvgIpc) is 3.43. The highest BCUT2D eigenvalue weighted by molar-refractivity contribution is 5.99. The minimum absolute atomic E-state index is 0.0758. The second-order valence-electron chi connectivity index (χ2n) is 7.93. The van der Waals surface area contributed by atoms with Crippen molar-refractivity contribution in [3.63, 3.8) is 0 Å².